The Bertz CT molecular complexity index is 577. The monoisotopic (exact) mass is 246 g/mol. The molecule has 2 heterocycles. The molecular formula is C11H14N6O. The summed E-state index contributed by atoms with van der Waals surface area (Å²) in [5, 5.41) is 7.13. The third kappa shape index (κ3) is 2.40. The zero-order chi connectivity index (χ0) is 13.1. The summed E-state index contributed by atoms with van der Waals surface area (Å²) in [6.45, 7) is 0.547. The van der Waals surface area contributed by atoms with E-state index in [0.717, 1.165) is 5.69 Å². The minimum atomic E-state index is -0.571. The van der Waals surface area contributed by atoms with Crippen LogP contribution in [0, 0.1) is 0 Å². The maximum absolute atomic E-state index is 11.1. The zero-order valence-electron chi connectivity index (χ0n) is 9.92. The van der Waals surface area contributed by atoms with Crippen molar-refractivity contribution in [2.75, 3.05) is 11.1 Å². The second-order valence-electron chi connectivity index (χ2n) is 3.82. The molecule has 5 N–H and O–H groups in total. The highest BCUT2D eigenvalue weighted by atomic mass is 16.1. The Hall–Kier alpha value is -2.57. The molecule has 0 fully saturated rings. The maximum Gasteiger partial charge on any atom is 0.250 e. The molecule has 1 amide bonds. The van der Waals surface area contributed by atoms with Crippen LogP contribution in [0.5, 0.6) is 0 Å². The number of pyridine rings is 1. The van der Waals surface area contributed by atoms with Crippen LogP contribution in [0.15, 0.2) is 24.5 Å². The highest BCUT2D eigenvalue weighted by Crippen LogP contribution is 2.14. The van der Waals surface area contributed by atoms with Gasteiger partial charge in [-0.2, -0.15) is 5.10 Å². The van der Waals surface area contributed by atoms with Crippen molar-refractivity contribution in [3.63, 3.8) is 0 Å². The summed E-state index contributed by atoms with van der Waals surface area (Å²) in [4.78, 5) is 15.2. The summed E-state index contributed by atoms with van der Waals surface area (Å²) in [5.41, 5.74) is 12.3. The molecule has 94 valence electrons. The number of carbonyl (C=O) groups is 1. The number of rotatable bonds is 4. The summed E-state index contributed by atoms with van der Waals surface area (Å²) in [7, 11) is 1.85. The lowest BCUT2D eigenvalue weighted by Crippen LogP contribution is -2.15. The Kier molecular flexibility index (Phi) is 3.13. The molecule has 0 saturated heterocycles. The first kappa shape index (κ1) is 11.9. The van der Waals surface area contributed by atoms with E-state index in [0.29, 0.717) is 12.4 Å². The quantitative estimate of drug-likeness (QED) is 0.708. The van der Waals surface area contributed by atoms with Crippen LogP contribution in [0.1, 0.15) is 16.1 Å². The molecule has 0 aliphatic carbocycles. The topological polar surface area (TPSA) is 112 Å². The van der Waals surface area contributed by atoms with E-state index in [1.165, 1.54) is 12.3 Å². The van der Waals surface area contributed by atoms with Gasteiger partial charge in [-0.15, -0.1) is 0 Å². The third-order valence-electron chi connectivity index (χ3n) is 2.57. The van der Waals surface area contributed by atoms with Gasteiger partial charge < -0.3 is 16.8 Å². The molecule has 0 saturated carbocycles. The molecule has 0 radical (unpaired) electrons. The van der Waals surface area contributed by atoms with Crippen LogP contribution < -0.4 is 16.8 Å². The molecule has 2 rings (SSSR count). The molecule has 0 aliphatic heterocycles. The summed E-state index contributed by atoms with van der Waals surface area (Å²) in [5.74, 6) is -0.0299. The Morgan fingerprint density at radius 3 is 2.94 bits per heavy atom. The van der Waals surface area contributed by atoms with Gasteiger partial charge in [0.1, 0.15) is 5.82 Å². The van der Waals surface area contributed by atoms with E-state index in [4.69, 9.17) is 11.5 Å². The summed E-state index contributed by atoms with van der Waals surface area (Å²) in [6, 6.07) is 3.42. The molecule has 2 aromatic heterocycles. The van der Waals surface area contributed by atoms with Crippen molar-refractivity contribution in [3.05, 3.63) is 35.8 Å². The average Bonchev–Trinajstić information content (AvgIpc) is 2.73. The SMILES string of the molecule is Cn1nccc1CNc1cc(C(N)=O)c(N)cn1. The number of amides is 1. The molecule has 2 aromatic rings. The smallest absolute Gasteiger partial charge is 0.250 e. The minimum Gasteiger partial charge on any atom is -0.397 e. The van der Waals surface area contributed by atoms with Crippen LogP contribution in [-0.4, -0.2) is 20.7 Å². The normalized spacial score (nSPS) is 10.3. The Morgan fingerprint density at radius 2 is 2.33 bits per heavy atom. The first-order valence-electron chi connectivity index (χ1n) is 5.34. The van der Waals surface area contributed by atoms with Crippen molar-refractivity contribution in [2.24, 2.45) is 12.8 Å². The lowest BCUT2D eigenvalue weighted by atomic mass is 10.2. The molecule has 0 aromatic carbocycles. The number of primary amides is 1. The Morgan fingerprint density at radius 1 is 1.56 bits per heavy atom. The van der Waals surface area contributed by atoms with Gasteiger partial charge in [0.15, 0.2) is 0 Å². The second kappa shape index (κ2) is 4.74. The van der Waals surface area contributed by atoms with Crippen molar-refractivity contribution in [1.82, 2.24) is 14.8 Å². The molecule has 0 spiro atoms. The number of anilines is 2. The van der Waals surface area contributed by atoms with Gasteiger partial charge in [-0.05, 0) is 12.1 Å². The zero-order valence-corrected chi connectivity index (χ0v) is 9.92. The molecule has 7 heteroatoms. The molecule has 0 aliphatic rings. The van der Waals surface area contributed by atoms with Gasteiger partial charge in [0.25, 0.3) is 5.91 Å². The van der Waals surface area contributed by atoms with Crippen molar-refractivity contribution in [2.45, 2.75) is 6.54 Å². The summed E-state index contributed by atoms with van der Waals surface area (Å²) >= 11 is 0. The van der Waals surface area contributed by atoms with Crippen LogP contribution in [0.3, 0.4) is 0 Å². The lowest BCUT2D eigenvalue weighted by Gasteiger charge is -2.08. The van der Waals surface area contributed by atoms with Crippen molar-refractivity contribution in [1.29, 1.82) is 0 Å². The molecule has 0 atom stereocenters. The van der Waals surface area contributed by atoms with Gasteiger partial charge in [0.05, 0.1) is 29.7 Å². The first-order chi connectivity index (χ1) is 8.58. The highest BCUT2D eigenvalue weighted by molar-refractivity contribution is 5.98. The van der Waals surface area contributed by atoms with E-state index in [1.54, 1.807) is 10.9 Å². The fourth-order valence-corrected chi connectivity index (χ4v) is 1.53. The average molecular weight is 246 g/mol. The number of nitrogens with two attached hydrogens (primary N) is 2. The fraction of sp³-hybridized carbons (Fsp3) is 0.182. The van der Waals surface area contributed by atoms with Crippen LogP contribution in [0.4, 0.5) is 11.5 Å². The first-order valence-corrected chi connectivity index (χ1v) is 5.34. The minimum absolute atomic E-state index is 0.262. The summed E-state index contributed by atoms with van der Waals surface area (Å²) < 4.78 is 1.75. The second-order valence-corrected chi connectivity index (χ2v) is 3.82. The number of nitrogens with zero attached hydrogens (tertiary/aromatic N) is 3. The Balaban J connectivity index is 2.13. The summed E-state index contributed by atoms with van der Waals surface area (Å²) in [6.07, 6.45) is 3.12. The molecule has 7 nitrogen and oxygen atoms in total. The van der Waals surface area contributed by atoms with E-state index < -0.39 is 5.91 Å². The lowest BCUT2D eigenvalue weighted by molar-refractivity contribution is 0.100. The molecule has 18 heavy (non-hydrogen) atoms. The standard InChI is InChI=1S/C11H14N6O/c1-17-7(2-3-16-17)5-14-10-4-8(11(13)18)9(12)6-15-10/h2-4,6H,5,12H2,1H3,(H2,13,18)(H,14,15). The van der Waals surface area contributed by atoms with Gasteiger partial charge in [-0.3, -0.25) is 9.48 Å². The van der Waals surface area contributed by atoms with Gasteiger partial charge in [0, 0.05) is 13.2 Å². The number of aryl methyl sites for hydroxylation is 1. The predicted octanol–water partition coefficient (Wildman–Crippen LogP) is 0.108. The number of nitrogen functional groups attached to an aromatic ring is 1. The fourth-order valence-electron chi connectivity index (χ4n) is 1.53. The van der Waals surface area contributed by atoms with Gasteiger partial charge in [-0.25, -0.2) is 4.98 Å². The number of hydrogen-bond donors (Lipinski definition) is 3. The highest BCUT2D eigenvalue weighted by Gasteiger charge is 2.08. The van der Waals surface area contributed by atoms with E-state index in [9.17, 15) is 4.79 Å². The van der Waals surface area contributed by atoms with Crippen molar-refractivity contribution < 1.29 is 4.79 Å². The number of carbonyl (C=O) groups excluding carboxylic acids is 1. The third-order valence-corrected chi connectivity index (χ3v) is 2.57. The van der Waals surface area contributed by atoms with Crippen LogP contribution in [-0.2, 0) is 13.6 Å². The van der Waals surface area contributed by atoms with E-state index in [2.05, 4.69) is 15.4 Å². The molecular weight excluding hydrogens is 232 g/mol. The van der Waals surface area contributed by atoms with E-state index >= 15 is 0 Å². The molecule has 0 unspecified atom stereocenters. The number of aromatic nitrogens is 3. The van der Waals surface area contributed by atoms with Gasteiger partial charge >= 0.3 is 0 Å². The van der Waals surface area contributed by atoms with E-state index in [1.807, 2.05) is 13.1 Å². The van der Waals surface area contributed by atoms with Crippen molar-refractivity contribution in [3.8, 4) is 0 Å². The molecule has 0 bridgehead atoms. The van der Waals surface area contributed by atoms with Gasteiger partial charge in [-0.1, -0.05) is 0 Å². The van der Waals surface area contributed by atoms with Crippen LogP contribution in [0.2, 0.25) is 0 Å². The number of nitrogens with one attached hydrogen (secondary N) is 1. The van der Waals surface area contributed by atoms with Crippen LogP contribution in [0.25, 0.3) is 0 Å². The largest absolute Gasteiger partial charge is 0.397 e. The maximum atomic E-state index is 11.1. The van der Waals surface area contributed by atoms with Crippen molar-refractivity contribution >= 4 is 17.4 Å². The van der Waals surface area contributed by atoms with E-state index in [-0.39, 0.29) is 11.3 Å². The van der Waals surface area contributed by atoms with Gasteiger partial charge in [0.2, 0.25) is 0 Å². The van der Waals surface area contributed by atoms with Crippen LogP contribution >= 0.6 is 0 Å². The Labute approximate surface area is 104 Å². The number of hydrogen-bond acceptors (Lipinski definition) is 5. The predicted molar refractivity (Wildman–Crippen MR) is 67.7 cm³/mol.